The minimum atomic E-state index is -0.426. The van der Waals surface area contributed by atoms with Crippen molar-refractivity contribution in [1.82, 2.24) is 9.78 Å². The monoisotopic (exact) mass is 197 g/mol. The second kappa shape index (κ2) is 3.79. The van der Waals surface area contributed by atoms with Gasteiger partial charge in [0, 0.05) is 13.2 Å². The maximum Gasteiger partial charge on any atom is 0.266 e. The first-order chi connectivity index (χ1) is 6.44. The van der Waals surface area contributed by atoms with Crippen LogP contribution in [0, 0.1) is 0 Å². The van der Waals surface area contributed by atoms with E-state index in [9.17, 15) is 4.79 Å². The Kier molecular flexibility index (Phi) is 2.90. The number of aromatic nitrogens is 2. The largest absolute Gasteiger partial charge is 0.382 e. The molecule has 14 heavy (non-hydrogen) atoms. The fourth-order valence-corrected chi connectivity index (χ4v) is 1.00. The van der Waals surface area contributed by atoms with Gasteiger partial charge in [-0.1, -0.05) is 0 Å². The smallest absolute Gasteiger partial charge is 0.266 e. The van der Waals surface area contributed by atoms with Crippen molar-refractivity contribution in [2.45, 2.75) is 26.0 Å². The molecule has 1 heterocycles. The minimum Gasteiger partial charge on any atom is -0.382 e. The van der Waals surface area contributed by atoms with Crippen LogP contribution in [0.5, 0.6) is 0 Å². The summed E-state index contributed by atoms with van der Waals surface area (Å²) in [6.45, 7) is 4.14. The molecule has 0 bridgehead atoms. The molecule has 0 saturated carbocycles. The molecule has 0 unspecified atom stereocenters. The SMILES string of the molecule is COC(C)(C)Cn1nc(N)ccc1=O. The fourth-order valence-electron chi connectivity index (χ4n) is 1.00. The molecule has 0 amide bonds. The molecule has 5 heteroatoms. The maximum atomic E-state index is 11.4. The van der Waals surface area contributed by atoms with Gasteiger partial charge in [0.05, 0.1) is 12.1 Å². The van der Waals surface area contributed by atoms with Gasteiger partial charge >= 0.3 is 0 Å². The zero-order valence-electron chi connectivity index (χ0n) is 8.65. The first kappa shape index (κ1) is 10.7. The highest BCUT2D eigenvalue weighted by molar-refractivity contribution is 5.23. The standard InChI is InChI=1S/C9H15N3O2/c1-9(2,14-3)6-12-8(13)5-4-7(10)11-12/h4-5H,6H2,1-3H3,(H2,10,11). The Bertz CT molecular complexity index is 371. The normalized spacial score (nSPS) is 11.6. The van der Waals surface area contributed by atoms with Crippen molar-refractivity contribution in [3.63, 3.8) is 0 Å². The highest BCUT2D eigenvalue weighted by Crippen LogP contribution is 2.08. The molecule has 0 aromatic carbocycles. The van der Waals surface area contributed by atoms with Crippen LogP contribution in [-0.2, 0) is 11.3 Å². The molecule has 5 nitrogen and oxygen atoms in total. The van der Waals surface area contributed by atoms with E-state index in [1.807, 2.05) is 13.8 Å². The number of rotatable bonds is 3. The molecule has 0 radical (unpaired) electrons. The number of nitrogens with two attached hydrogens (primary N) is 1. The van der Waals surface area contributed by atoms with Crippen molar-refractivity contribution in [2.24, 2.45) is 0 Å². The third-order valence-electron chi connectivity index (χ3n) is 1.97. The van der Waals surface area contributed by atoms with Gasteiger partial charge in [-0.15, -0.1) is 0 Å². The van der Waals surface area contributed by atoms with Crippen LogP contribution in [-0.4, -0.2) is 22.5 Å². The van der Waals surface area contributed by atoms with Gasteiger partial charge in [-0.3, -0.25) is 4.79 Å². The molecule has 0 aliphatic rings. The Hall–Kier alpha value is -1.36. The zero-order chi connectivity index (χ0) is 10.8. The van der Waals surface area contributed by atoms with E-state index in [0.717, 1.165) is 0 Å². The number of anilines is 1. The van der Waals surface area contributed by atoms with Gasteiger partial charge < -0.3 is 10.5 Å². The summed E-state index contributed by atoms with van der Waals surface area (Å²) in [5.41, 5.74) is 4.87. The van der Waals surface area contributed by atoms with Gasteiger partial charge in [0.1, 0.15) is 5.82 Å². The van der Waals surface area contributed by atoms with Crippen molar-refractivity contribution < 1.29 is 4.74 Å². The lowest BCUT2D eigenvalue weighted by molar-refractivity contribution is 0.00437. The van der Waals surface area contributed by atoms with Gasteiger partial charge in [0.15, 0.2) is 0 Å². The van der Waals surface area contributed by atoms with Gasteiger partial charge in [0.25, 0.3) is 5.56 Å². The van der Waals surface area contributed by atoms with Crippen LogP contribution < -0.4 is 11.3 Å². The van der Waals surface area contributed by atoms with E-state index in [1.54, 1.807) is 7.11 Å². The highest BCUT2D eigenvalue weighted by Gasteiger charge is 2.18. The lowest BCUT2D eigenvalue weighted by Crippen LogP contribution is -2.35. The van der Waals surface area contributed by atoms with Crippen LogP contribution in [0.25, 0.3) is 0 Å². The average molecular weight is 197 g/mol. The molecule has 0 aliphatic heterocycles. The van der Waals surface area contributed by atoms with Gasteiger partial charge in [-0.05, 0) is 19.9 Å². The molecule has 0 aliphatic carbocycles. The highest BCUT2D eigenvalue weighted by atomic mass is 16.5. The second-order valence-electron chi connectivity index (χ2n) is 3.72. The quantitative estimate of drug-likeness (QED) is 0.754. The Balaban J connectivity index is 2.97. The molecule has 1 rings (SSSR count). The van der Waals surface area contributed by atoms with Gasteiger partial charge in [0.2, 0.25) is 0 Å². The zero-order valence-corrected chi connectivity index (χ0v) is 8.65. The molecular weight excluding hydrogens is 182 g/mol. The van der Waals surface area contributed by atoms with Gasteiger partial charge in [-0.2, -0.15) is 5.10 Å². The van der Waals surface area contributed by atoms with Crippen molar-refractivity contribution in [3.8, 4) is 0 Å². The topological polar surface area (TPSA) is 70.1 Å². The summed E-state index contributed by atoms with van der Waals surface area (Å²) in [6.07, 6.45) is 0. The van der Waals surface area contributed by atoms with Crippen LogP contribution in [0.15, 0.2) is 16.9 Å². The van der Waals surface area contributed by atoms with Crippen LogP contribution in [0.3, 0.4) is 0 Å². The molecule has 78 valence electrons. The number of methoxy groups -OCH3 is 1. The number of hydrogen-bond donors (Lipinski definition) is 1. The molecule has 1 aromatic rings. The van der Waals surface area contributed by atoms with Crippen molar-refractivity contribution in [1.29, 1.82) is 0 Å². The van der Waals surface area contributed by atoms with Crippen LogP contribution in [0.2, 0.25) is 0 Å². The third kappa shape index (κ3) is 2.56. The Labute approximate surface area is 82.5 Å². The predicted molar refractivity (Wildman–Crippen MR) is 54.0 cm³/mol. The fraction of sp³-hybridized carbons (Fsp3) is 0.556. The summed E-state index contributed by atoms with van der Waals surface area (Å²) in [7, 11) is 1.59. The second-order valence-corrected chi connectivity index (χ2v) is 3.72. The molecule has 1 aromatic heterocycles. The Morgan fingerprint density at radius 1 is 1.57 bits per heavy atom. The van der Waals surface area contributed by atoms with Crippen LogP contribution in [0.4, 0.5) is 5.82 Å². The summed E-state index contributed by atoms with van der Waals surface area (Å²) in [5.74, 6) is 0.330. The van der Waals surface area contributed by atoms with E-state index in [1.165, 1.54) is 16.8 Å². The molecule has 0 spiro atoms. The molecular formula is C9H15N3O2. The lowest BCUT2D eigenvalue weighted by Gasteiger charge is -2.22. The van der Waals surface area contributed by atoms with E-state index in [-0.39, 0.29) is 5.56 Å². The van der Waals surface area contributed by atoms with E-state index in [2.05, 4.69) is 5.10 Å². The van der Waals surface area contributed by atoms with Crippen LogP contribution >= 0.6 is 0 Å². The first-order valence-electron chi connectivity index (χ1n) is 4.33. The van der Waals surface area contributed by atoms with Crippen molar-refractivity contribution in [3.05, 3.63) is 22.5 Å². The Morgan fingerprint density at radius 3 is 2.79 bits per heavy atom. The molecule has 2 N–H and O–H groups in total. The average Bonchev–Trinajstić information content (AvgIpc) is 2.11. The van der Waals surface area contributed by atoms with E-state index < -0.39 is 5.60 Å². The number of hydrogen-bond acceptors (Lipinski definition) is 4. The van der Waals surface area contributed by atoms with Crippen molar-refractivity contribution in [2.75, 3.05) is 12.8 Å². The number of nitrogen functional groups attached to an aromatic ring is 1. The van der Waals surface area contributed by atoms with Crippen molar-refractivity contribution >= 4 is 5.82 Å². The number of ether oxygens (including phenoxy) is 1. The van der Waals surface area contributed by atoms with Crippen LogP contribution in [0.1, 0.15) is 13.8 Å². The van der Waals surface area contributed by atoms with E-state index >= 15 is 0 Å². The van der Waals surface area contributed by atoms with E-state index in [0.29, 0.717) is 12.4 Å². The van der Waals surface area contributed by atoms with Gasteiger partial charge in [-0.25, -0.2) is 4.68 Å². The summed E-state index contributed by atoms with van der Waals surface area (Å²) >= 11 is 0. The first-order valence-corrected chi connectivity index (χ1v) is 4.33. The predicted octanol–water partition coefficient (Wildman–Crippen LogP) is 0.250. The summed E-state index contributed by atoms with van der Waals surface area (Å²) in [4.78, 5) is 11.4. The molecule has 0 atom stereocenters. The number of nitrogens with zero attached hydrogens (tertiary/aromatic N) is 2. The Morgan fingerprint density at radius 2 is 2.21 bits per heavy atom. The maximum absolute atomic E-state index is 11.4. The summed E-state index contributed by atoms with van der Waals surface area (Å²) in [5, 5.41) is 3.91. The summed E-state index contributed by atoms with van der Waals surface area (Å²) in [6, 6.07) is 2.88. The lowest BCUT2D eigenvalue weighted by atomic mass is 10.1. The third-order valence-corrected chi connectivity index (χ3v) is 1.97. The van der Waals surface area contributed by atoms with E-state index in [4.69, 9.17) is 10.5 Å². The minimum absolute atomic E-state index is 0.177. The molecule has 0 saturated heterocycles. The summed E-state index contributed by atoms with van der Waals surface area (Å²) < 4.78 is 6.50. The molecule has 0 fully saturated rings.